The van der Waals surface area contributed by atoms with Crippen LogP contribution in [0.3, 0.4) is 0 Å². The molecule has 1 heterocycles. The van der Waals surface area contributed by atoms with Crippen LogP contribution in [0.25, 0.3) is 11.3 Å². The second kappa shape index (κ2) is 7.92. The number of anilines is 1. The average molecular weight is 335 g/mol. The Labute approximate surface area is 147 Å². The molecule has 1 aromatic carbocycles. The molecule has 6 heteroatoms. The predicted molar refractivity (Wildman–Crippen MR) is 102 cm³/mol. The van der Waals surface area contributed by atoms with E-state index in [1.165, 1.54) is 6.08 Å². The molecule has 0 spiro atoms. The molecule has 0 unspecified atom stereocenters. The van der Waals surface area contributed by atoms with Crippen molar-refractivity contribution in [3.8, 4) is 11.3 Å². The second-order valence-electron chi connectivity index (χ2n) is 5.59. The molecule has 1 aromatic heterocycles. The minimum Gasteiger partial charge on any atom is -0.402 e. The van der Waals surface area contributed by atoms with Gasteiger partial charge in [0.05, 0.1) is 5.69 Å². The number of aliphatic imine (C=N–C) groups is 1. The summed E-state index contributed by atoms with van der Waals surface area (Å²) in [5.74, 6) is 0.512. The number of amidine groups is 1. The molecular weight excluding hydrogens is 314 g/mol. The number of amides is 1. The number of pyridine rings is 1. The number of hydrogen-bond acceptors (Lipinski definition) is 4. The lowest BCUT2D eigenvalue weighted by Gasteiger charge is -2.07. The number of allylic oxidation sites excluding steroid dienone is 1. The summed E-state index contributed by atoms with van der Waals surface area (Å²) in [6.45, 7) is 7.13. The van der Waals surface area contributed by atoms with Gasteiger partial charge in [-0.05, 0) is 55.8 Å². The van der Waals surface area contributed by atoms with Crippen molar-refractivity contribution in [3.05, 3.63) is 66.4 Å². The van der Waals surface area contributed by atoms with Gasteiger partial charge >= 0.3 is 0 Å². The Bertz CT molecular complexity index is 864. The summed E-state index contributed by atoms with van der Waals surface area (Å²) in [7, 11) is 0. The number of hydrogen-bond donors (Lipinski definition) is 3. The van der Waals surface area contributed by atoms with Crippen molar-refractivity contribution in [2.24, 2.45) is 16.5 Å². The van der Waals surface area contributed by atoms with Gasteiger partial charge in [-0.25, -0.2) is 9.98 Å². The highest BCUT2D eigenvalue weighted by Gasteiger charge is 2.05. The number of aromatic nitrogens is 1. The third-order valence-electron chi connectivity index (χ3n) is 3.19. The quantitative estimate of drug-likeness (QED) is 0.443. The van der Waals surface area contributed by atoms with Gasteiger partial charge in [-0.15, -0.1) is 0 Å². The molecule has 0 saturated carbocycles. The number of aryl methyl sites for hydroxylation is 1. The van der Waals surface area contributed by atoms with Gasteiger partial charge in [0.2, 0.25) is 5.91 Å². The van der Waals surface area contributed by atoms with Gasteiger partial charge in [0, 0.05) is 16.9 Å². The summed E-state index contributed by atoms with van der Waals surface area (Å²) in [6.07, 6.45) is 2.80. The summed E-state index contributed by atoms with van der Waals surface area (Å²) in [4.78, 5) is 20.2. The predicted octanol–water partition coefficient (Wildman–Crippen LogP) is 3.03. The van der Waals surface area contributed by atoms with Gasteiger partial charge in [-0.2, -0.15) is 0 Å². The van der Waals surface area contributed by atoms with Gasteiger partial charge in [0.15, 0.2) is 5.82 Å². The van der Waals surface area contributed by atoms with Gasteiger partial charge in [-0.3, -0.25) is 4.79 Å². The van der Waals surface area contributed by atoms with Crippen molar-refractivity contribution in [1.29, 1.82) is 0 Å². The smallest absolute Gasteiger partial charge is 0.247 e. The summed E-state index contributed by atoms with van der Waals surface area (Å²) >= 11 is 0. The summed E-state index contributed by atoms with van der Waals surface area (Å²) in [5.41, 5.74) is 15.2. The third kappa shape index (κ3) is 5.31. The fourth-order valence-corrected chi connectivity index (χ4v) is 2.20. The minimum absolute atomic E-state index is 0.267. The van der Waals surface area contributed by atoms with Crippen LogP contribution < -0.4 is 16.8 Å². The lowest BCUT2D eigenvalue weighted by Crippen LogP contribution is -2.10. The summed E-state index contributed by atoms with van der Waals surface area (Å²) in [5, 5.41) is 2.73. The Morgan fingerprint density at radius 2 is 2.04 bits per heavy atom. The third-order valence-corrected chi connectivity index (χ3v) is 3.19. The molecule has 0 aliphatic rings. The zero-order valence-electron chi connectivity index (χ0n) is 14.3. The Balaban J connectivity index is 2.40. The van der Waals surface area contributed by atoms with Gasteiger partial charge in [-0.1, -0.05) is 18.7 Å². The van der Waals surface area contributed by atoms with Crippen molar-refractivity contribution < 1.29 is 4.79 Å². The number of carbonyl (C=O) groups excluding carboxylic acids is 1. The van der Waals surface area contributed by atoms with Crippen molar-refractivity contribution in [2.45, 2.75) is 13.8 Å². The van der Waals surface area contributed by atoms with Crippen molar-refractivity contribution in [1.82, 2.24) is 4.98 Å². The first-order chi connectivity index (χ1) is 11.9. The molecular formula is C19H21N5O. The molecule has 0 aliphatic heterocycles. The topological polar surface area (TPSA) is 106 Å². The van der Waals surface area contributed by atoms with E-state index in [4.69, 9.17) is 11.5 Å². The van der Waals surface area contributed by atoms with Crippen LogP contribution in [0.5, 0.6) is 0 Å². The SMILES string of the molecule is C=CC(=O)Nc1cccc(-c2cc(C)cc(N=C(N)/C=C(/C)N)n2)c1. The average Bonchev–Trinajstić information content (AvgIpc) is 2.53. The Morgan fingerprint density at radius 1 is 1.28 bits per heavy atom. The second-order valence-corrected chi connectivity index (χ2v) is 5.59. The molecule has 25 heavy (non-hydrogen) atoms. The molecule has 6 nitrogen and oxygen atoms in total. The zero-order valence-corrected chi connectivity index (χ0v) is 14.3. The van der Waals surface area contributed by atoms with Crippen LogP contribution in [0.2, 0.25) is 0 Å². The number of benzene rings is 1. The minimum atomic E-state index is -0.267. The van der Waals surface area contributed by atoms with Crippen molar-refractivity contribution in [3.63, 3.8) is 0 Å². The van der Waals surface area contributed by atoms with E-state index in [1.54, 1.807) is 19.1 Å². The molecule has 0 fully saturated rings. The van der Waals surface area contributed by atoms with Crippen LogP contribution in [0.4, 0.5) is 11.5 Å². The molecule has 0 aliphatic carbocycles. The molecule has 0 radical (unpaired) electrons. The van der Waals surface area contributed by atoms with E-state index in [0.717, 1.165) is 16.8 Å². The fraction of sp³-hybridized carbons (Fsp3) is 0.105. The monoisotopic (exact) mass is 335 g/mol. The van der Waals surface area contributed by atoms with Gasteiger partial charge in [0.25, 0.3) is 0 Å². The van der Waals surface area contributed by atoms with Crippen molar-refractivity contribution in [2.75, 3.05) is 5.32 Å². The molecule has 0 saturated heterocycles. The number of nitrogens with one attached hydrogen (secondary N) is 1. The van der Waals surface area contributed by atoms with E-state index in [1.807, 2.05) is 37.3 Å². The van der Waals surface area contributed by atoms with Crippen LogP contribution in [0.15, 0.2) is 65.8 Å². The Morgan fingerprint density at radius 3 is 2.72 bits per heavy atom. The number of rotatable bonds is 5. The molecule has 0 bridgehead atoms. The van der Waals surface area contributed by atoms with Gasteiger partial charge < -0.3 is 16.8 Å². The summed E-state index contributed by atoms with van der Waals surface area (Å²) < 4.78 is 0. The van der Waals surface area contributed by atoms with E-state index in [2.05, 4.69) is 21.9 Å². The van der Waals surface area contributed by atoms with E-state index >= 15 is 0 Å². The molecule has 0 atom stereocenters. The molecule has 1 amide bonds. The highest BCUT2D eigenvalue weighted by molar-refractivity contribution is 5.99. The molecule has 2 rings (SSSR count). The highest BCUT2D eigenvalue weighted by Crippen LogP contribution is 2.25. The number of nitrogens with two attached hydrogens (primary N) is 2. The van der Waals surface area contributed by atoms with E-state index in [0.29, 0.717) is 17.2 Å². The normalized spacial score (nSPS) is 11.9. The number of carbonyl (C=O) groups is 1. The van der Waals surface area contributed by atoms with Crippen LogP contribution in [-0.4, -0.2) is 16.7 Å². The van der Waals surface area contributed by atoms with Crippen molar-refractivity contribution >= 4 is 23.2 Å². The standard InChI is InChI=1S/C19H21N5O/c1-4-19(25)22-15-7-5-6-14(11-15)16-8-12(2)9-18(23-16)24-17(21)10-13(3)20/h4-11H,1,20H2,2-3H3,(H,22,25)(H2,21,23,24)/b13-10-. The molecule has 2 aromatic rings. The van der Waals surface area contributed by atoms with Crippen LogP contribution in [0, 0.1) is 6.92 Å². The maximum absolute atomic E-state index is 11.5. The zero-order chi connectivity index (χ0) is 18.4. The first-order valence-electron chi connectivity index (χ1n) is 7.68. The highest BCUT2D eigenvalue weighted by atomic mass is 16.1. The molecule has 128 valence electrons. The number of nitrogens with zero attached hydrogens (tertiary/aromatic N) is 2. The Kier molecular flexibility index (Phi) is 5.68. The van der Waals surface area contributed by atoms with Crippen LogP contribution in [-0.2, 0) is 4.79 Å². The Hall–Kier alpha value is -3.41. The lowest BCUT2D eigenvalue weighted by molar-refractivity contribution is -0.111. The largest absolute Gasteiger partial charge is 0.402 e. The van der Waals surface area contributed by atoms with E-state index in [-0.39, 0.29) is 11.7 Å². The maximum Gasteiger partial charge on any atom is 0.247 e. The van der Waals surface area contributed by atoms with E-state index in [9.17, 15) is 4.79 Å². The maximum atomic E-state index is 11.5. The molecule has 5 N–H and O–H groups in total. The van der Waals surface area contributed by atoms with Crippen LogP contribution in [0.1, 0.15) is 12.5 Å². The first-order valence-corrected chi connectivity index (χ1v) is 7.68. The van der Waals surface area contributed by atoms with Crippen LogP contribution >= 0.6 is 0 Å². The van der Waals surface area contributed by atoms with E-state index < -0.39 is 0 Å². The van der Waals surface area contributed by atoms with Gasteiger partial charge in [0.1, 0.15) is 5.84 Å². The summed E-state index contributed by atoms with van der Waals surface area (Å²) in [6, 6.07) is 11.2. The lowest BCUT2D eigenvalue weighted by atomic mass is 10.1. The first kappa shape index (κ1) is 17.9. The fourth-order valence-electron chi connectivity index (χ4n) is 2.20.